The number of nitrogens with one attached hydrogen (secondary N) is 1. The number of hydrogen-bond donors (Lipinski definition) is 1. The fourth-order valence-corrected chi connectivity index (χ4v) is 1.81. The largest absolute Gasteiger partial charge is 0.349 e. The molecule has 0 radical (unpaired) electrons. The molecule has 0 aliphatic heterocycles. The second-order valence-electron chi connectivity index (χ2n) is 3.07. The molecule has 1 aliphatic rings. The Morgan fingerprint density at radius 2 is 2.50 bits per heavy atom. The van der Waals surface area contributed by atoms with Crippen molar-refractivity contribution in [1.82, 2.24) is 5.32 Å². The lowest BCUT2D eigenvalue weighted by molar-refractivity contribution is 0.0956. The Hall–Kier alpha value is -1.52. The third-order valence-corrected chi connectivity index (χ3v) is 2.82. The van der Waals surface area contributed by atoms with E-state index >= 15 is 0 Å². The van der Waals surface area contributed by atoms with Gasteiger partial charge in [-0.25, -0.2) is 0 Å². The first-order valence-electron chi connectivity index (χ1n) is 4.24. The van der Waals surface area contributed by atoms with E-state index in [1.807, 2.05) is 0 Å². The molecule has 5 nitrogen and oxygen atoms in total. The average molecular weight is 208 g/mol. The Morgan fingerprint density at radius 1 is 1.71 bits per heavy atom. The number of thiophene rings is 1. The van der Waals surface area contributed by atoms with Gasteiger partial charge in [0, 0.05) is 11.0 Å². The highest BCUT2D eigenvalue weighted by Crippen LogP contribution is 2.27. The third-order valence-electron chi connectivity index (χ3n) is 1.92. The van der Waals surface area contributed by atoms with E-state index in [-0.39, 0.29) is 5.91 Å². The third kappa shape index (κ3) is 1.86. The van der Waals surface area contributed by atoms with Crippen molar-refractivity contribution in [3.63, 3.8) is 0 Å². The van der Waals surface area contributed by atoms with E-state index in [1.165, 1.54) is 11.3 Å². The van der Waals surface area contributed by atoms with Gasteiger partial charge in [0.2, 0.25) is 0 Å². The minimum Gasteiger partial charge on any atom is -0.349 e. The number of hydrogen-bond acceptors (Lipinski definition) is 3. The summed E-state index contributed by atoms with van der Waals surface area (Å²) in [4.78, 5) is 14.7. The molecule has 0 aromatic carbocycles. The molecule has 0 atom stereocenters. The maximum Gasteiger partial charge on any atom is 0.262 e. The van der Waals surface area contributed by atoms with Crippen molar-refractivity contribution in [2.45, 2.75) is 18.9 Å². The highest BCUT2D eigenvalue weighted by Gasteiger charge is 2.25. The summed E-state index contributed by atoms with van der Waals surface area (Å²) in [7, 11) is 0. The van der Waals surface area contributed by atoms with E-state index in [2.05, 4.69) is 15.3 Å². The van der Waals surface area contributed by atoms with E-state index in [9.17, 15) is 4.79 Å². The molecule has 1 N–H and O–H groups in total. The standard InChI is InChI=1S/C8H8N4OS/c9-12-11-6-3-4-14-7(6)8(13)10-5-1-2-5/h3-5H,1-2H2,(H,10,13). The second kappa shape index (κ2) is 3.69. The van der Waals surface area contributed by atoms with Crippen molar-refractivity contribution >= 4 is 22.9 Å². The summed E-state index contributed by atoms with van der Waals surface area (Å²) in [6.45, 7) is 0. The van der Waals surface area contributed by atoms with Gasteiger partial charge in [0.15, 0.2) is 0 Å². The first kappa shape index (κ1) is 9.05. The molecule has 6 heteroatoms. The molecule has 14 heavy (non-hydrogen) atoms. The smallest absolute Gasteiger partial charge is 0.262 e. The molecule has 1 saturated carbocycles. The Kier molecular flexibility index (Phi) is 2.39. The van der Waals surface area contributed by atoms with Crippen molar-refractivity contribution in [1.29, 1.82) is 0 Å². The maximum atomic E-state index is 11.6. The molecular formula is C8H8N4OS. The summed E-state index contributed by atoms with van der Waals surface area (Å²) < 4.78 is 0. The number of nitrogens with zero attached hydrogens (tertiary/aromatic N) is 3. The Labute approximate surface area is 84.4 Å². The van der Waals surface area contributed by atoms with Crippen LogP contribution in [0.5, 0.6) is 0 Å². The highest BCUT2D eigenvalue weighted by molar-refractivity contribution is 7.12. The summed E-state index contributed by atoms with van der Waals surface area (Å²) in [5.74, 6) is -0.134. The molecule has 0 bridgehead atoms. The van der Waals surface area contributed by atoms with Gasteiger partial charge in [0.25, 0.3) is 5.91 Å². The van der Waals surface area contributed by atoms with Crippen LogP contribution in [0.1, 0.15) is 22.5 Å². The van der Waals surface area contributed by atoms with E-state index in [0.717, 1.165) is 12.8 Å². The van der Waals surface area contributed by atoms with Gasteiger partial charge in [-0.1, -0.05) is 5.11 Å². The molecule has 0 unspecified atom stereocenters. The van der Waals surface area contributed by atoms with Gasteiger partial charge < -0.3 is 5.32 Å². The fraction of sp³-hybridized carbons (Fsp3) is 0.375. The maximum absolute atomic E-state index is 11.6. The van der Waals surface area contributed by atoms with Crippen molar-refractivity contribution in [3.05, 3.63) is 26.8 Å². The van der Waals surface area contributed by atoms with Gasteiger partial charge in [0.05, 0.1) is 5.69 Å². The van der Waals surface area contributed by atoms with Crippen molar-refractivity contribution in [2.75, 3.05) is 0 Å². The van der Waals surface area contributed by atoms with Crippen LogP contribution in [0.3, 0.4) is 0 Å². The number of carbonyl (C=O) groups excluding carboxylic acids is 1. The molecule has 72 valence electrons. The van der Waals surface area contributed by atoms with Crippen LogP contribution in [0.15, 0.2) is 16.6 Å². The zero-order chi connectivity index (χ0) is 9.97. The van der Waals surface area contributed by atoms with Gasteiger partial charge in [-0.15, -0.1) is 11.3 Å². The SMILES string of the molecule is [N-]=[N+]=Nc1ccsc1C(=O)NC1CC1. The summed E-state index contributed by atoms with van der Waals surface area (Å²) >= 11 is 1.29. The molecule has 2 rings (SSSR count). The summed E-state index contributed by atoms with van der Waals surface area (Å²) in [6, 6.07) is 1.97. The van der Waals surface area contributed by atoms with Crippen LogP contribution in [-0.2, 0) is 0 Å². The van der Waals surface area contributed by atoms with Crippen LogP contribution in [0, 0.1) is 0 Å². The van der Waals surface area contributed by atoms with Crippen molar-refractivity contribution < 1.29 is 4.79 Å². The zero-order valence-electron chi connectivity index (χ0n) is 7.30. The predicted molar refractivity (Wildman–Crippen MR) is 53.6 cm³/mol. The molecule has 1 heterocycles. The summed E-state index contributed by atoms with van der Waals surface area (Å²) in [6.07, 6.45) is 2.10. The van der Waals surface area contributed by atoms with Crippen LogP contribution in [-0.4, -0.2) is 11.9 Å². The number of carbonyl (C=O) groups is 1. The van der Waals surface area contributed by atoms with Gasteiger partial charge in [-0.05, 0) is 29.8 Å². The molecule has 1 fully saturated rings. The van der Waals surface area contributed by atoms with Crippen LogP contribution in [0.25, 0.3) is 10.4 Å². The van der Waals surface area contributed by atoms with E-state index < -0.39 is 0 Å². The van der Waals surface area contributed by atoms with E-state index in [4.69, 9.17) is 5.53 Å². The van der Waals surface area contributed by atoms with Crippen LogP contribution >= 0.6 is 11.3 Å². The summed E-state index contributed by atoms with van der Waals surface area (Å²) in [5.41, 5.74) is 8.68. The molecule has 0 saturated heterocycles. The lowest BCUT2D eigenvalue weighted by Crippen LogP contribution is -2.24. The van der Waals surface area contributed by atoms with Gasteiger partial charge in [-0.3, -0.25) is 4.79 Å². The fourth-order valence-electron chi connectivity index (χ4n) is 1.08. The first-order chi connectivity index (χ1) is 6.81. The average Bonchev–Trinajstić information content (AvgIpc) is 2.83. The van der Waals surface area contributed by atoms with Crippen LogP contribution in [0.4, 0.5) is 5.69 Å². The molecular weight excluding hydrogens is 200 g/mol. The lowest BCUT2D eigenvalue weighted by atomic mass is 10.4. The van der Waals surface area contributed by atoms with Crippen LogP contribution < -0.4 is 5.32 Å². The van der Waals surface area contributed by atoms with Gasteiger partial charge in [-0.2, -0.15) is 0 Å². The minimum absolute atomic E-state index is 0.134. The number of azide groups is 1. The minimum atomic E-state index is -0.134. The number of amides is 1. The summed E-state index contributed by atoms with van der Waals surface area (Å²) in [5, 5.41) is 8.03. The Morgan fingerprint density at radius 3 is 3.14 bits per heavy atom. The van der Waals surface area contributed by atoms with Crippen molar-refractivity contribution in [2.24, 2.45) is 5.11 Å². The topological polar surface area (TPSA) is 77.9 Å². The quantitative estimate of drug-likeness (QED) is 0.462. The zero-order valence-corrected chi connectivity index (χ0v) is 8.12. The second-order valence-corrected chi connectivity index (χ2v) is 3.99. The highest BCUT2D eigenvalue weighted by atomic mass is 32.1. The van der Waals surface area contributed by atoms with Crippen LogP contribution in [0.2, 0.25) is 0 Å². The monoisotopic (exact) mass is 208 g/mol. The van der Waals surface area contributed by atoms with Crippen molar-refractivity contribution in [3.8, 4) is 0 Å². The molecule has 1 aromatic rings. The predicted octanol–water partition coefficient (Wildman–Crippen LogP) is 2.58. The van der Waals surface area contributed by atoms with E-state index in [0.29, 0.717) is 16.6 Å². The Bertz CT molecular complexity index is 403. The van der Waals surface area contributed by atoms with Gasteiger partial charge >= 0.3 is 0 Å². The number of rotatable bonds is 3. The molecule has 1 aromatic heterocycles. The normalized spacial score (nSPS) is 14.6. The van der Waals surface area contributed by atoms with Gasteiger partial charge in [0.1, 0.15) is 4.88 Å². The molecule has 1 amide bonds. The molecule has 1 aliphatic carbocycles. The first-order valence-corrected chi connectivity index (χ1v) is 5.12. The Balaban J connectivity index is 2.16. The van der Waals surface area contributed by atoms with E-state index in [1.54, 1.807) is 11.4 Å². The molecule has 0 spiro atoms. The lowest BCUT2D eigenvalue weighted by Gasteiger charge is -2.00.